The largest absolute Gasteiger partial charge is 0.285 e. The van der Waals surface area contributed by atoms with Crippen molar-refractivity contribution in [2.24, 2.45) is 0 Å². The first-order valence-electron chi connectivity index (χ1n) is 9.35. The summed E-state index contributed by atoms with van der Waals surface area (Å²) in [5.41, 5.74) is 4.47. The van der Waals surface area contributed by atoms with Crippen molar-refractivity contribution in [1.29, 1.82) is 0 Å². The molecule has 26 heavy (non-hydrogen) atoms. The normalized spacial score (nSPS) is 17.7. The molecule has 0 spiro atoms. The van der Waals surface area contributed by atoms with Gasteiger partial charge in [0, 0.05) is 0 Å². The van der Waals surface area contributed by atoms with Crippen LogP contribution in [0.1, 0.15) is 75.4 Å². The molecule has 4 nitrogen and oxygen atoms in total. The van der Waals surface area contributed by atoms with E-state index in [0.29, 0.717) is 17.0 Å². The van der Waals surface area contributed by atoms with Crippen LogP contribution in [0.4, 0.5) is 0 Å². The van der Waals surface area contributed by atoms with Gasteiger partial charge in [0.1, 0.15) is 6.61 Å². The summed E-state index contributed by atoms with van der Waals surface area (Å²) in [5.74, 6) is -0.114. The number of imide groups is 1. The van der Waals surface area contributed by atoms with Gasteiger partial charge in [-0.25, -0.2) is 0 Å². The molecular weight excluding hydrogens is 326 g/mol. The molecule has 0 N–H and O–H groups in total. The molecule has 4 heteroatoms. The van der Waals surface area contributed by atoms with Crippen LogP contribution >= 0.6 is 0 Å². The lowest BCUT2D eigenvalue weighted by Crippen LogP contribution is -2.29. The Labute approximate surface area is 153 Å². The maximum absolute atomic E-state index is 12.3. The molecule has 2 aromatic rings. The minimum Gasteiger partial charge on any atom is -0.266 e. The van der Waals surface area contributed by atoms with Crippen LogP contribution < -0.4 is 0 Å². The molecular formula is C22H23NO3. The molecule has 2 aliphatic rings. The quantitative estimate of drug-likeness (QED) is 0.747. The number of amides is 2. The average molecular weight is 349 g/mol. The number of fused-ring (bicyclic) bond motifs is 1. The van der Waals surface area contributed by atoms with Crippen molar-refractivity contribution in [3.8, 4) is 0 Å². The Bertz CT molecular complexity index is 817. The first-order chi connectivity index (χ1) is 12.6. The smallest absolute Gasteiger partial charge is 0.266 e. The zero-order valence-corrected chi connectivity index (χ0v) is 15.0. The van der Waals surface area contributed by atoms with Gasteiger partial charge in [-0.1, -0.05) is 49.6 Å². The number of nitrogens with zero attached hydrogens (tertiary/aromatic N) is 1. The molecule has 4 rings (SSSR count). The third-order valence-corrected chi connectivity index (χ3v) is 5.50. The van der Waals surface area contributed by atoms with Crippen LogP contribution in [0.2, 0.25) is 0 Å². The maximum Gasteiger partial charge on any atom is 0.285 e. The van der Waals surface area contributed by atoms with Gasteiger partial charge < -0.3 is 0 Å². The molecule has 2 aromatic carbocycles. The third-order valence-electron chi connectivity index (χ3n) is 5.50. The van der Waals surface area contributed by atoms with Crippen LogP contribution in [0.15, 0.2) is 42.5 Å². The fourth-order valence-electron chi connectivity index (χ4n) is 4.12. The number of hydrogen-bond acceptors (Lipinski definition) is 3. The zero-order chi connectivity index (χ0) is 18.1. The summed E-state index contributed by atoms with van der Waals surface area (Å²) in [7, 11) is 0. The van der Waals surface area contributed by atoms with E-state index in [1.807, 2.05) is 0 Å². The summed E-state index contributed by atoms with van der Waals surface area (Å²) < 4.78 is 0. The first kappa shape index (κ1) is 17.0. The second-order valence-corrected chi connectivity index (χ2v) is 7.25. The van der Waals surface area contributed by atoms with Crippen LogP contribution in [0.3, 0.4) is 0 Å². The van der Waals surface area contributed by atoms with Gasteiger partial charge in [-0.2, -0.15) is 0 Å². The Hall–Kier alpha value is -2.46. The summed E-state index contributed by atoms with van der Waals surface area (Å²) in [5, 5.41) is 0.884. The van der Waals surface area contributed by atoms with Crippen LogP contribution in [0, 0.1) is 6.92 Å². The van der Waals surface area contributed by atoms with Gasteiger partial charge in [-0.15, -0.1) is 5.06 Å². The fraction of sp³-hybridized carbons (Fsp3) is 0.364. The van der Waals surface area contributed by atoms with E-state index in [2.05, 4.69) is 25.1 Å². The van der Waals surface area contributed by atoms with Crippen LogP contribution in [-0.2, 0) is 11.4 Å². The zero-order valence-electron chi connectivity index (χ0n) is 15.0. The van der Waals surface area contributed by atoms with Gasteiger partial charge in [-0.3, -0.25) is 14.4 Å². The Morgan fingerprint density at radius 2 is 1.62 bits per heavy atom. The Morgan fingerprint density at radius 1 is 0.962 bits per heavy atom. The molecule has 2 amide bonds. The van der Waals surface area contributed by atoms with Crippen molar-refractivity contribution in [1.82, 2.24) is 5.06 Å². The van der Waals surface area contributed by atoms with E-state index in [1.54, 1.807) is 24.3 Å². The van der Waals surface area contributed by atoms with Crippen molar-refractivity contribution in [2.45, 2.75) is 51.6 Å². The third kappa shape index (κ3) is 3.06. The van der Waals surface area contributed by atoms with Crippen molar-refractivity contribution in [3.63, 3.8) is 0 Å². The van der Waals surface area contributed by atoms with E-state index in [9.17, 15) is 9.59 Å². The van der Waals surface area contributed by atoms with Gasteiger partial charge in [-0.05, 0) is 54.5 Å². The SMILES string of the molecule is Cc1cc(CON2C(=O)c3ccccc3C2=O)ccc1C1CCCCC1. The van der Waals surface area contributed by atoms with Gasteiger partial charge in [0.15, 0.2) is 0 Å². The van der Waals surface area contributed by atoms with Gasteiger partial charge in [0.05, 0.1) is 11.1 Å². The lowest BCUT2D eigenvalue weighted by atomic mass is 9.82. The number of carbonyl (C=O) groups is 2. The molecule has 1 saturated carbocycles. The van der Waals surface area contributed by atoms with Crippen molar-refractivity contribution in [3.05, 3.63) is 70.3 Å². The standard InChI is InChI=1S/C22H23NO3/c1-15-13-16(11-12-18(15)17-7-3-2-4-8-17)14-26-23-21(24)19-9-5-6-10-20(19)22(23)25/h5-6,9-13,17H,2-4,7-8,14H2,1H3. The highest BCUT2D eigenvalue weighted by atomic mass is 16.7. The van der Waals surface area contributed by atoms with Gasteiger partial charge in [0.2, 0.25) is 0 Å². The number of rotatable bonds is 4. The molecule has 0 aromatic heterocycles. The average Bonchev–Trinajstić information content (AvgIpc) is 2.92. The molecule has 0 saturated heterocycles. The van der Waals surface area contributed by atoms with Crippen LogP contribution in [0.25, 0.3) is 0 Å². The molecule has 1 aliphatic carbocycles. The molecule has 1 fully saturated rings. The van der Waals surface area contributed by atoms with E-state index < -0.39 is 0 Å². The van der Waals surface area contributed by atoms with Crippen molar-refractivity contribution < 1.29 is 14.4 Å². The maximum atomic E-state index is 12.3. The lowest BCUT2D eigenvalue weighted by Gasteiger charge is -2.24. The lowest BCUT2D eigenvalue weighted by molar-refractivity contribution is -0.101. The Morgan fingerprint density at radius 3 is 2.23 bits per heavy atom. The summed E-state index contributed by atoms with van der Waals surface area (Å²) in [6.07, 6.45) is 6.52. The van der Waals surface area contributed by atoms with Crippen molar-refractivity contribution in [2.75, 3.05) is 0 Å². The molecule has 134 valence electrons. The topological polar surface area (TPSA) is 46.6 Å². The highest BCUT2D eigenvalue weighted by Crippen LogP contribution is 2.34. The number of hydroxylamine groups is 2. The summed E-state index contributed by atoms with van der Waals surface area (Å²) in [6.45, 7) is 2.34. The van der Waals surface area contributed by atoms with E-state index in [1.165, 1.54) is 43.2 Å². The molecule has 1 aliphatic heterocycles. The van der Waals surface area contributed by atoms with Gasteiger partial charge in [0.25, 0.3) is 11.8 Å². The van der Waals surface area contributed by atoms with E-state index in [0.717, 1.165) is 10.6 Å². The molecule has 0 bridgehead atoms. The number of aryl methyl sites for hydroxylation is 1. The van der Waals surface area contributed by atoms with E-state index >= 15 is 0 Å². The molecule has 0 atom stereocenters. The molecule has 0 unspecified atom stereocenters. The fourth-order valence-corrected chi connectivity index (χ4v) is 4.12. The Kier molecular flexibility index (Phi) is 4.60. The predicted octanol–water partition coefficient (Wildman–Crippen LogP) is 4.77. The molecule has 1 heterocycles. The summed E-state index contributed by atoms with van der Waals surface area (Å²) in [4.78, 5) is 30.2. The monoisotopic (exact) mass is 349 g/mol. The Balaban J connectivity index is 1.45. The van der Waals surface area contributed by atoms with E-state index in [-0.39, 0.29) is 18.4 Å². The molecule has 0 radical (unpaired) electrons. The second kappa shape index (κ2) is 7.04. The van der Waals surface area contributed by atoms with Crippen LogP contribution in [-0.4, -0.2) is 16.9 Å². The number of carbonyl (C=O) groups excluding carboxylic acids is 2. The second-order valence-electron chi connectivity index (χ2n) is 7.25. The predicted molar refractivity (Wildman–Crippen MR) is 98.7 cm³/mol. The first-order valence-corrected chi connectivity index (χ1v) is 9.35. The summed E-state index contributed by atoms with van der Waals surface area (Å²) >= 11 is 0. The van der Waals surface area contributed by atoms with Crippen molar-refractivity contribution >= 4 is 11.8 Å². The summed E-state index contributed by atoms with van der Waals surface area (Å²) in [6, 6.07) is 13.2. The van der Waals surface area contributed by atoms with E-state index in [4.69, 9.17) is 4.84 Å². The number of hydrogen-bond donors (Lipinski definition) is 0. The minimum atomic E-state index is -0.388. The highest BCUT2D eigenvalue weighted by molar-refractivity contribution is 6.20. The number of benzene rings is 2. The van der Waals surface area contributed by atoms with Gasteiger partial charge >= 0.3 is 0 Å². The van der Waals surface area contributed by atoms with Crippen LogP contribution in [0.5, 0.6) is 0 Å². The minimum absolute atomic E-state index is 0.206. The highest BCUT2D eigenvalue weighted by Gasteiger charge is 2.36.